The molecule has 1 amide bonds. The molecule has 1 atom stereocenters. The highest BCUT2D eigenvalue weighted by atomic mass is 35.5. The molecule has 1 unspecified atom stereocenters. The third-order valence-electron chi connectivity index (χ3n) is 3.74. The van der Waals surface area contributed by atoms with E-state index in [2.05, 4.69) is 5.32 Å². The van der Waals surface area contributed by atoms with E-state index in [0.29, 0.717) is 30.3 Å². The van der Waals surface area contributed by atoms with Gasteiger partial charge in [0, 0.05) is 17.1 Å². The fourth-order valence-corrected chi connectivity index (χ4v) is 2.73. The van der Waals surface area contributed by atoms with Crippen molar-refractivity contribution in [3.05, 3.63) is 53.1 Å². The second kappa shape index (κ2) is 6.92. The Hall–Kier alpha value is -2.20. The van der Waals surface area contributed by atoms with Crippen LogP contribution < -0.4 is 14.8 Å². The van der Waals surface area contributed by atoms with Gasteiger partial charge in [0.2, 0.25) is 5.91 Å². The number of carbonyl (C=O) groups is 1. The van der Waals surface area contributed by atoms with E-state index in [9.17, 15) is 4.79 Å². The van der Waals surface area contributed by atoms with Crippen molar-refractivity contribution in [2.24, 2.45) is 0 Å². The maximum absolute atomic E-state index is 12.2. The van der Waals surface area contributed by atoms with Gasteiger partial charge in [-0.1, -0.05) is 30.7 Å². The van der Waals surface area contributed by atoms with Crippen molar-refractivity contribution >= 4 is 23.2 Å². The summed E-state index contributed by atoms with van der Waals surface area (Å²) in [6, 6.07) is 13.0. The number of benzene rings is 2. The molecule has 1 aliphatic heterocycles. The minimum absolute atomic E-state index is 0.0466. The van der Waals surface area contributed by atoms with Crippen molar-refractivity contribution in [1.29, 1.82) is 0 Å². The molecule has 0 aliphatic carbocycles. The Morgan fingerprint density at radius 3 is 2.74 bits per heavy atom. The summed E-state index contributed by atoms with van der Waals surface area (Å²) in [6.07, 6.45) is 0.381. The molecular weight excluding hydrogens is 314 g/mol. The summed E-state index contributed by atoms with van der Waals surface area (Å²) in [5.74, 6) is 1.53. The van der Waals surface area contributed by atoms with Crippen LogP contribution in [0, 0.1) is 0 Å². The summed E-state index contributed by atoms with van der Waals surface area (Å²) in [6.45, 7) is 3.15. The predicted octanol–water partition coefficient (Wildman–Crippen LogP) is 4.24. The molecule has 1 aliphatic rings. The lowest BCUT2D eigenvalue weighted by Gasteiger charge is -2.20. The molecular formula is C18H18ClNO3. The first-order chi connectivity index (χ1) is 11.1. The summed E-state index contributed by atoms with van der Waals surface area (Å²) in [5, 5.41) is 3.47. The second-order valence-corrected chi connectivity index (χ2v) is 6.00. The molecule has 5 heteroatoms. The van der Waals surface area contributed by atoms with E-state index >= 15 is 0 Å². The van der Waals surface area contributed by atoms with E-state index in [1.807, 2.05) is 37.3 Å². The number of rotatable bonds is 4. The summed E-state index contributed by atoms with van der Waals surface area (Å²) in [5.41, 5.74) is 1.76. The third kappa shape index (κ3) is 3.96. The predicted molar refractivity (Wildman–Crippen MR) is 90.5 cm³/mol. The quantitative estimate of drug-likeness (QED) is 0.911. The molecule has 2 aromatic carbocycles. The van der Waals surface area contributed by atoms with Gasteiger partial charge in [-0.3, -0.25) is 4.79 Å². The zero-order valence-electron chi connectivity index (χ0n) is 12.8. The lowest BCUT2D eigenvalue weighted by molar-refractivity contribution is -0.116. The third-order valence-corrected chi connectivity index (χ3v) is 3.97. The van der Waals surface area contributed by atoms with Crippen molar-refractivity contribution < 1.29 is 14.3 Å². The highest BCUT2D eigenvalue weighted by Gasteiger charge is 2.16. The van der Waals surface area contributed by atoms with Gasteiger partial charge in [-0.15, -0.1) is 0 Å². The first kappa shape index (κ1) is 15.7. The first-order valence-corrected chi connectivity index (χ1v) is 7.94. The summed E-state index contributed by atoms with van der Waals surface area (Å²) >= 11 is 5.92. The number of nitrogens with one attached hydrogen (secondary N) is 1. The molecule has 0 saturated heterocycles. The fraction of sp³-hybridized carbons (Fsp3) is 0.278. The number of fused-ring (bicyclic) bond motifs is 1. The maximum atomic E-state index is 12.2. The normalized spacial score (nSPS) is 14.2. The average Bonchev–Trinajstić information content (AvgIpc) is 2.54. The average molecular weight is 332 g/mol. The van der Waals surface area contributed by atoms with Gasteiger partial charge in [-0.2, -0.15) is 0 Å². The SMILES string of the molecule is CC(CC(=O)Nc1cccc(Cl)c1)c1ccc2c(c1)OCCO2. The lowest BCUT2D eigenvalue weighted by Crippen LogP contribution is -2.16. The van der Waals surface area contributed by atoms with E-state index in [1.165, 1.54) is 0 Å². The van der Waals surface area contributed by atoms with Crippen LogP contribution >= 0.6 is 11.6 Å². The molecule has 4 nitrogen and oxygen atoms in total. The van der Waals surface area contributed by atoms with Gasteiger partial charge in [0.25, 0.3) is 0 Å². The molecule has 0 radical (unpaired) electrons. The monoisotopic (exact) mass is 331 g/mol. The van der Waals surface area contributed by atoms with E-state index in [4.69, 9.17) is 21.1 Å². The van der Waals surface area contributed by atoms with Crippen molar-refractivity contribution in [2.45, 2.75) is 19.3 Å². The topological polar surface area (TPSA) is 47.6 Å². The molecule has 23 heavy (non-hydrogen) atoms. The molecule has 120 valence electrons. The summed E-state index contributed by atoms with van der Waals surface area (Å²) < 4.78 is 11.1. The van der Waals surface area contributed by atoms with Gasteiger partial charge in [0.05, 0.1) is 0 Å². The molecule has 1 N–H and O–H groups in total. The standard InChI is InChI=1S/C18H18ClNO3/c1-12(9-18(21)20-15-4-2-3-14(19)11-15)13-5-6-16-17(10-13)23-8-7-22-16/h2-6,10-12H,7-9H2,1H3,(H,20,21). The van der Waals surface area contributed by atoms with E-state index < -0.39 is 0 Å². The molecule has 0 bridgehead atoms. The Labute approximate surface area is 140 Å². The van der Waals surface area contributed by atoms with Crippen LogP contribution in [-0.4, -0.2) is 19.1 Å². The Kier molecular flexibility index (Phi) is 4.72. The highest BCUT2D eigenvalue weighted by Crippen LogP contribution is 2.34. The van der Waals surface area contributed by atoms with Crippen LogP contribution in [-0.2, 0) is 4.79 Å². The molecule has 0 saturated carbocycles. The van der Waals surface area contributed by atoms with Crippen LogP contribution in [0.25, 0.3) is 0 Å². The summed E-state index contributed by atoms with van der Waals surface area (Å²) in [4.78, 5) is 12.2. The molecule has 3 rings (SSSR count). The van der Waals surface area contributed by atoms with Gasteiger partial charge >= 0.3 is 0 Å². The molecule has 0 aromatic heterocycles. The first-order valence-electron chi connectivity index (χ1n) is 7.57. The van der Waals surface area contributed by atoms with Crippen molar-refractivity contribution in [1.82, 2.24) is 0 Å². The Bertz CT molecular complexity index is 717. The fourth-order valence-electron chi connectivity index (χ4n) is 2.54. The van der Waals surface area contributed by atoms with Gasteiger partial charge in [0.1, 0.15) is 13.2 Å². The number of halogens is 1. The van der Waals surface area contributed by atoms with Crippen LogP contribution in [0.5, 0.6) is 11.5 Å². The van der Waals surface area contributed by atoms with Gasteiger partial charge in [-0.25, -0.2) is 0 Å². The number of hydrogen-bond acceptors (Lipinski definition) is 3. The smallest absolute Gasteiger partial charge is 0.224 e. The summed E-state index contributed by atoms with van der Waals surface area (Å²) in [7, 11) is 0. The van der Waals surface area contributed by atoms with Crippen LogP contribution in [0.2, 0.25) is 5.02 Å². The van der Waals surface area contributed by atoms with E-state index in [1.54, 1.807) is 12.1 Å². The minimum Gasteiger partial charge on any atom is -0.486 e. The van der Waals surface area contributed by atoms with Gasteiger partial charge in [0.15, 0.2) is 11.5 Å². The van der Waals surface area contributed by atoms with Gasteiger partial charge in [-0.05, 0) is 41.8 Å². The Balaban J connectivity index is 1.64. The number of carbonyl (C=O) groups excluding carboxylic acids is 1. The molecule has 0 spiro atoms. The zero-order chi connectivity index (χ0) is 16.2. The minimum atomic E-state index is -0.0466. The van der Waals surface area contributed by atoms with Crippen LogP contribution in [0.15, 0.2) is 42.5 Å². The van der Waals surface area contributed by atoms with Gasteiger partial charge < -0.3 is 14.8 Å². The van der Waals surface area contributed by atoms with E-state index in [0.717, 1.165) is 17.1 Å². The van der Waals surface area contributed by atoms with Crippen molar-refractivity contribution in [2.75, 3.05) is 18.5 Å². The zero-order valence-corrected chi connectivity index (χ0v) is 13.6. The number of ether oxygens (including phenoxy) is 2. The van der Waals surface area contributed by atoms with Crippen molar-refractivity contribution in [3.63, 3.8) is 0 Å². The second-order valence-electron chi connectivity index (χ2n) is 5.57. The number of amides is 1. The molecule has 0 fully saturated rings. The van der Waals surface area contributed by atoms with E-state index in [-0.39, 0.29) is 11.8 Å². The largest absolute Gasteiger partial charge is 0.486 e. The number of hydrogen-bond donors (Lipinski definition) is 1. The number of anilines is 1. The highest BCUT2D eigenvalue weighted by molar-refractivity contribution is 6.30. The Morgan fingerprint density at radius 2 is 1.96 bits per heavy atom. The maximum Gasteiger partial charge on any atom is 0.224 e. The van der Waals surface area contributed by atoms with Crippen molar-refractivity contribution in [3.8, 4) is 11.5 Å². The van der Waals surface area contributed by atoms with Crippen LogP contribution in [0.1, 0.15) is 24.8 Å². The lowest BCUT2D eigenvalue weighted by atomic mass is 9.97. The Morgan fingerprint density at radius 1 is 1.17 bits per heavy atom. The van der Waals surface area contributed by atoms with Crippen LogP contribution in [0.3, 0.4) is 0 Å². The van der Waals surface area contributed by atoms with Crippen LogP contribution in [0.4, 0.5) is 5.69 Å². The molecule has 1 heterocycles. The molecule has 2 aromatic rings.